The molecule has 0 atom stereocenters. The molecule has 0 bridgehead atoms. The van der Waals surface area contributed by atoms with Gasteiger partial charge in [0.1, 0.15) is 6.54 Å². The molecular weight excluding hydrogens is 431 g/mol. The first-order valence-electron chi connectivity index (χ1n) is 10.1. The number of benzene rings is 3. The smallest absolute Gasteiger partial charge is 0.369 e. The number of para-hydroxylation sites is 1. The first-order chi connectivity index (χ1) is 15.7. The standard InChI is InChI=1S/C16H14N2O.C9H8F3NO/c1-18-14-10-6-5-9-13(14)16(17-11-15(18)19)12-7-3-2-4-8-12;10-9(11,12)7-3-1-6(2-4-7)5-8(13)14/h2-10H,11H2,1H3;1-4H,5H2,(H2,13,14). The van der Waals surface area contributed by atoms with Crippen LogP contribution < -0.4 is 10.6 Å². The molecule has 33 heavy (non-hydrogen) atoms. The van der Waals surface area contributed by atoms with Crippen molar-refractivity contribution in [1.29, 1.82) is 0 Å². The number of hydrogen-bond acceptors (Lipinski definition) is 3. The number of benzodiazepines with no additional fused rings is 1. The lowest BCUT2D eigenvalue weighted by atomic mass is 10.0. The molecule has 0 spiro atoms. The van der Waals surface area contributed by atoms with Crippen molar-refractivity contribution < 1.29 is 22.8 Å². The maximum absolute atomic E-state index is 12.1. The van der Waals surface area contributed by atoms with E-state index in [0.29, 0.717) is 5.56 Å². The summed E-state index contributed by atoms with van der Waals surface area (Å²) in [5.74, 6) is -0.553. The number of anilines is 1. The highest BCUT2D eigenvalue weighted by molar-refractivity contribution is 6.19. The summed E-state index contributed by atoms with van der Waals surface area (Å²) in [6.45, 7) is 0.190. The van der Waals surface area contributed by atoms with Crippen LogP contribution in [0.15, 0.2) is 83.9 Å². The van der Waals surface area contributed by atoms with E-state index in [0.717, 1.165) is 34.7 Å². The predicted octanol–water partition coefficient (Wildman–Crippen LogP) is 4.23. The van der Waals surface area contributed by atoms with Crippen LogP contribution in [0.3, 0.4) is 0 Å². The molecule has 3 aromatic carbocycles. The molecule has 1 aliphatic heterocycles. The fourth-order valence-corrected chi connectivity index (χ4v) is 3.29. The fraction of sp³-hybridized carbons (Fsp3) is 0.160. The number of carbonyl (C=O) groups is 2. The average Bonchev–Trinajstić information content (AvgIpc) is 2.91. The minimum Gasteiger partial charge on any atom is -0.369 e. The second-order valence-corrected chi connectivity index (χ2v) is 7.34. The van der Waals surface area contributed by atoms with Gasteiger partial charge >= 0.3 is 6.18 Å². The Bertz CT molecular complexity index is 1160. The summed E-state index contributed by atoms with van der Waals surface area (Å²) in [4.78, 5) is 28.6. The monoisotopic (exact) mass is 453 g/mol. The number of primary amides is 1. The summed E-state index contributed by atoms with van der Waals surface area (Å²) in [5.41, 5.74) is 8.47. The quantitative estimate of drug-likeness (QED) is 0.644. The van der Waals surface area contributed by atoms with Gasteiger partial charge in [-0.15, -0.1) is 0 Å². The van der Waals surface area contributed by atoms with Crippen LogP contribution in [0, 0.1) is 0 Å². The number of aliphatic imine (C=N–C) groups is 1. The highest BCUT2D eigenvalue weighted by Crippen LogP contribution is 2.29. The second-order valence-electron chi connectivity index (χ2n) is 7.34. The van der Waals surface area contributed by atoms with Gasteiger partial charge in [-0.05, 0) is 23.8 Å². The molecule has 1 heterocycles. The number of carbonyl (C=O) groups excluding carboxylic acids is 2. The third-order valence-electron chi connectivity index (χ3n) is 4.97. The van der Waals surface area contributed by atoms with Crippen LogP contribution in [-0.2, 0) is 22.2 Å². The number of nitrogens with zero attached hydrogens (tertiary/aromatic N) is 2. The van der Waals surface area contributed by atoms with Crippen molar-refractivity contribution in [3.63, 3.8) is 0 Å². The Morgan fingerprint density at radius 1 is 0.970 bits per heavy atom. The molecule has 2 N–H and O–H groups in total. The maximum atomic E-state index is 12.1. The van der Waals surface area contributed by atoms with Crippen LogP contribution in [0.2, 0.25) is 0 Å². The molecule has 0 aromatic heterocycles. The summed E-state index contributed by atoms with van der Waals surface area (Å²) < 4.78 is 36.3. The Morgan fingerprint density at radius 3 is 2.18 bits per heavy atom. The highest BCUT2D eigenvalue weighted by Gasteiger charge is 2.29. The van der Waals surface area contributed by atoms with Crippen LogP contribution in [0.1, 0.15) is 22.3 Å². The van der Waals surface area contributed by atoms with Gasteiger partial charge in [0.05, 0.1) is 23.4 Å². The first kappa shape index (κ1) is 23.7. The van der Waals surface area contributed by atoms with Gasteiger partial charge in [0, 0.05) is 18.2 Å². The van der Waals surface area contributed by atoms with Crippen molar-refractivity contribution in [3.05, 3.63) is 101 Å². The molecule has 1 aliphatic rings. The number of amides is 2. The average molecular weight is 453 g/mol. The van der Waals surface area contributed by atoms with Crippen LogP contribution in [-0.4, -0.2) is 31.1 Å². The SMILES string of the molecule is CN1C(=O)CN=C(c2ccccc2)c2ccccc21.NC(=O)Cc1ccc(C(F)(F)F)cc1. The van der Waals surface area contributed by atoms with Crippen LogP contribution >= 0.6 is 0 Å². The number of fused-ring (bicyclic) bond motifs is 1. The molecule has 0 fully saturated rings. The van der Waals surface area contributed by atoms with Crippen LogP contribution in [0.4, 0.5) is 18.9 Å². The van der Waals surface area contributed by atoms with Crippen LogP contribution in [0.5, 0.6) is 0 Å². The van der Waals surface area contributed by atoms with E-state index in [1.165, 1.54) is 12.1 Å². The third kappa shape index (κ3) is 6.06. The molecule has 3 aromatic rings. The number of halogens is 3. The number of rotatable bonds is 3. The van der Waals surface area contributed by atoms with E-state index >= 15 is 0 Å². The van der Waals surface area contributed by atoms with E-state index in [-0.39, 0.29) is 18.9 Å². The lowest BCUT2D eigenvalue weighted by Crippen LogP contribution is -2.27. The van der Waals surface area contributed by atoms with Gasteiger partial charge in [-0.3, -0.25) is 14.6 Å². The van der Waals surface area contributed by atoms with E-state index in [1.807, 2.05) is 54.6 Å². The summed E-state index contributed by atoms with van der Waals surface area (Å²) in [6, 6.07) is 22.2. The van der Waals surface area contributed by atoms with E-state index in [9.17, 15) is 22.8 Å². The van der Waals surface area contributed by atoms with Gasteiger partial charge in [-0.2, -0.15) is 13.2 Å². The zero-order valence-corrected chi connectivity index (χ0v) is 17.8. The van der Waals surface area contributed by atoms with Crippen molar-refractivity contribution in [2.45, 2.75) is 12.6 Å². The Kier molecular flexibility index (Phi) is 7.27. The largest absolute Gasteiger partial charge is 0.416 e. The van der Waals surface area contributed by atoms with Gasteiger partial charge in [0.15, 0.2) is 0 Å². The van der Waals surface area contributed by atoms with Gasteiger partial charge in [-0.1, -0.05) is 60.7 Å². The second kappa shape index (κ2) is 10.1. The molecule has 0 unspecified atom stereocenters. The molecule has 8 heteroatoms. The van der Waals surface area contributed by atoms with Crippen molar-refractivity contribution >= 4 is 23.2 Å². The summed E-state index contributed by atoms with van der Waals surface area (Å²) >= 11 is 0. The van der Waals surface area contributed by atoms with Crippen LogP contribution in [0.25, 0.3) is 0 Å². The van der Waals surface area contributed by atoms with Gasteiger partial charge < -0.3 is 10.6 Å². The molecule has 0 aliphatic carbocycles. The minimum atomic E-state index is -4.34. The zero-order chi connectivity index (χ0) is 24.0. The Labute approximate surface area is 189 Å². The topological polar surface area (TPSA) is 75.8 Å². The van der Waals surface area contributed by atoms with Gasteiger partial charge in [0.2, 0.25) is 11.8 Å². The van der Waals surface area contributed by atoms with Crippen molar-refractivity contribution in [2.24, 2.45) is 10.7 Å². The maximum Gasteiger partial charge on any atom is 0.416 e. The number of alkyl halides is 3. The molecule has 2 amide bonds. The van der Waals surface area contributed by atoms with Crippen molar-refractivity contribution in [2.75, 3.05) is 18.5 Å². The van der Waals surface area contributed by atoms with Crippen molar-refractivity contribution in [3.8, 4) is 0 Å². The normalized spacial score (nSPS) is 13.3. The van der Waals surface area contributed by atoms with E-state index in [2.05, 4.69) is 4.99 Å². The van der Waals surface area contributed by atoms with E-state index in [4.69, 9.17) is 5.73 Å². The summed E-state index contributed by atoms with van der Waals surface area (Å²) in [5, 5.41) is 0. The molecule has 4 rings (SSSR count). The lowest BCUT2D eigenvalue weighted by Gasteiger charge is -2.17. The predicted molar refractivity (Wildman–Crippen MR) is 121 cm³/mol. The van der Waals surface area contributed by atoms with E-state index in [1.54, 1.807) is 11.9 Å². The van der Waals surface area contributed by atoms with Gasteiger partial charge in [0.25, 0.3) is 0 Å². The molecule has 0 saturated carbocycles. The van der Waals surface area contributed by atoms with E-state index < -0.39 is 17.6 Å². The molecule has 0 saturated heterocycles. The Balaban J connectivity index is 0.000000196. The number of likely N-dealkylation sites (N-methyl/N-ethyl adjacent to an activating group) is 1. The third-order valence-corrected chi connectivity index (χ3v) is 4.97. The summed E-state index contributed by atoms with van der Waals surface area (Å²) in [6.07, 6.45) is -4.39. The summed E-state index contributed by atoms with van der Waals surface area (Å²) in [7, 11) is 1.80. The Morgan fingerprint density at radius 2 is 1.58 bits per heavy atom. The molecule has 0 radical (unpaired) electrons. The van der Waals surface area contributed by atoms with Gasteiger partial charge in [-0.25, -0.2) is 0 Å². The molecular formula is C25H22F3N3O2. The van der Waals surface area contributed by atoms with Crippen molar-refractivity contribution in [1.82, 2.24) is 0 Å². The minimum absolute atomic E-state index is 0.0124. The first-order valence-corrected chi connectivity index (χ1v) is 10.1. The zero-order valence-electron chi connectivity index (χ0n) is 17.8. The number of hydrogen-bond donors (Lipinski definition) is 1. The highest BCUT2D eigenvalue weighted by atomic mass is 19.4. The molecule has 5 nitrogen and oxygen atoms in total. The number of nitrogens with two attached hydrogens (primary N) is 1. The fourth-order valence-electron chi connectivity index (χ4n) is 3.29. The molecule has 170 valence electrons. The lowest BCUT2D eigenvalue weighted by molar-refractivity contribution is -0.137. The Hall–Kier alpha value is -3.94.